The van der Waals surface area contributed by atoms with E-state index in [0.29, 0.717) is 18.7 Å². The van der Waals surface area contributed by atoms with Gasteiger partial charge in [0.25, 0.3) is 11.8 Å². The second-order valence-electron chi connectivity index (χ2n) is 5.77. The molecule has 148 valence electrons. The Hall–Kier alpha value is -3.55. The largest absolute Gasteiger partial charge is 0.496 e. The molecule has 2 amide bonds. The number of benzene rings is 2. The van der Waals surface area contributed by atoms with E-state index in [9.17, 15) is 14.4 Å². The molecule has 0 bridgehead atoms. The van der Waals surface area contributed by atoms with Crippen LogP contribution in [0.25, 0.3) is 0 Å². The fourth-order valence-electron chi connectivity index (χ4n) is 2.35. The Balaban J connectivity index is 1.73. The summed E-state index contributed by atoms with van der Waals surface area (Å²) >= 11 is 0. The summed E-state index contributed by atoms with van der Waals surface area (Å²) in [5.74, 6) is -0.484. The highest BCUT2D eigenvalue weighted by Crippen LogP contribution is 2.17. The van der Waals surface area contributed by atoms with Gasteiger partial charge in [-0.05, 0) is 42.3 Å². The Labute approximate surface area is 162 Å². The van der Waals surface area contributed by atoms with Crippen LogP contribution in [0.4, 0.5) is 0 Å². The number of methoxy groups -OCH3 is 1. The Bertz CT molecular complexity index is 820. The minimum absolute atomic E-state index is 0.251. The fourth-order valence-corrected chi connectivity index (χ4v) is 2.35. The molecule has 2 aromatic carbocycles. The maximum Gasteiger partial charge on any atom is 0.338 e. The first kappa shape index (κ1) is 20.8. The van der Waals surface area contributed by atoms with Crippen LogP contribution in [0.15, 0.2) is 48.5 Å². The van der Waals surface area contributed by atoms with Crippen molar-refractivity contribution in [2.75, 3.05) is 26.9 Å². The van der Waals surface area contributed by atoms with Crippen molar-refractivity contribution < 1.29 is 28.6 Å². The zero-order valence-electron chi connectivity index (χ0n) is 15.5. The van der Waals surface area contributed by atoms with E-state index in [1.54, 1.807) is 7.11 Å². The van der Waals surface area contributed by atoms with Gasteiger partial charge in [-0.3, -0.25) is 9.59 Å². The molecule has 8 heteroatoms. The third-order valence-corrected chi connectivity index (χ3v) is 3.71. The van der Waals surface area contributed by atoms with Gasteiger partial charge in [-0.2, -0.15) is 0 Å². The monoisotopic (exact) mass is 386 g/mol. The number of carbonyl (C=O) groups is 3. The molecule has 8 nitrogen and oxygen atoms in total. The first-order valence-corrected chi connectivity index (χ1v) is 8.56. The minimum Gasteiger partial charge on any atom is -0.496 e. The summed E-state index contributed by atoms with van der Waals surface area (Å²) in [6.45, 7) is -0.244. The summed E-state index contributed by atoms with van der Waals surface area (Å²) < 4.78 is 15.3. The van der Waals surface area contributed by atoms with Crippen molar-refractivity contribution in [1.82, 2.24) is 5.32 Å². The molecule has 0 atom stereocenters. The van der Waals surface area contributed by atoms with Crippen LogP contribution in [0.3, 0.4) is 0 Å². The molecule has 0 saturated carbocycles. The topological polar surface area (TPSA) is 117 Å². The zero-order valence-corrected chi connectivity index (χ0v) is 15.5. The average molecular weight is 386 g/mol. The van der Waals surface area contributed by atoms with E-state index < -0.39 is 17.8 Å². The number of amides is 2. The average Bonchev–Trinajstić information content (AvgIpc) is 2.71. The molecule has 2 aromatic rings. The second kappa shape index (κ2) is 10.6. The standard InChI is InChI=1S/C20H22N2O6/c1-26-17-5-3-2-4-14(17)10-11-22-19(24)13-28-20(25)15-6-8-16(9-7-15)27-12-18(21)23/h2-9H,10-13H2,1H3,(H2,21,23)(H,22,24). The van der Waals surface area contributed by atoms with E-state index in [1.165, 1.54) is 24.3 Å². The van der Waals surface area contributed by atoms with Crippen molar-refractivity contribution >= 4 is 17.8 Å². The molecule has 0 heterocycles. The molecule has 0 aromatic heterocycles. The lowest BCUT2D eigenvalue weighted by atomic mass is 10.1. The van der Waals surface area contributed by atoms with Gasteiger partial charge in [0, 0.05) is 6.54 Å². The molecule has 0 aliphatic heterocycles. The summed E-state index contributed by atoms with van der Waals surface area (Å²) in [7, 11) is 1.59. The number of carbonyl (C=O) groups excluding carboxylic acids is 3. The highest BCUT2D eigenvalue weighted by molar-refractivity contribution is 5.91. The second-order valence-corrected chi connectivity index (χ2v) is 5.77. The van der Waals surface area contributed by atoms with Crippen LogP contribution in [0.1, 0.15) is 15.9 Å². The lowest BCUT2D eigenvalue weighted by molar-refractivity contribution is -0.124. The number of esters is 1. The highest BCUT2D eigenvalue weighted by Gasteiger charge is 2.11. The predicted molar refractivity (Wildman–Crippen MR) is 101 cm³/mol. The first-order chi connectivity index (χ1) is 13.5. The van der Waals surface area contributed by atoms with Gasteiger partial charge in [0.05, 0.1) is 12.7 Å². The molecule has 0 unspecified atom stereocenters. The smallest absolute Gasteiger partial charge is 0.338 e. The molecule has 0 fully saturated rings. The van der Waals surface area contributed by atoms with Gasteiger partial charge >= 0.3 is 5.97 Å². The molecule has 28 heavy (non-hydrogen) atoms. The van der Waals surface area contributed by atoms with Gasteiger partial charge in [-0.1, -0.05) is 18.2 Å². The van der Waals surface area contributed by atoms with Gasteiger partial charge < -0.3 is 25.3 Å². The van der Waals surface area contributed by atoms with Crippen molar-refractivity contribution in [3.05, 3.63) is 59.7 Å². The third kappa shape index (κ3) is 6.64. The molecule has 3 N–H and O–H groups in total. The molecular weight excluding hydrogens is 364 g/mol. The Morgan fingerprint density at radius 3 is 2.39 bits per heavy atom. The van der Waals surface area contributed by atoms with Gasteiger partial charge in [-0.15, -0.1) is 0 Å². The molecule has 0 radical (unpaired) electrons. The van der Waals surface area contributed by atoms with E-state index in [1.807, 2.05) is 24.3 Å². The summed E-state index contributed by atoms with van der Waals surface area (Å²) in [5.41, 5.74) is 6.22. The van der Waals surface area contributed by atoms with E-state index >= 15 is 0 Å². The van der Waals surface area contributed by atoms with Crippen molar-refractivity contribution in [2.45, 2.75) is 6.42 Å². The number of nitrogens with two attached hydrogens (primary N) is 1. The van der Waals surface area contributed by atoms with Crippen LogP contribution in [0.2, 0.25) is 0 Å². The lowest BCUT2D eigenvalue weighted by Crippen LogP contribution is -2.30. The van der Waals surface area contributed by atoms with Gasteiger partial charge in [0.1, 0.15) is 11.5 Å². The summed E-state index contributed by atoms with van der Waals surface area (Å²) in [5, 5.41) is 2.69. The van der Waals surface area contributed by atoms with Crippen molar-refractivity contribution in [3.63, 3.8) is 0 Å². The maximum atomic E-state index is 12.0. The summed E-state index contributed by atoms with van der Waals surface area (Å²) in [6.07, 6.45) is 0.594. The van der Waals surface area contributed by atoms with E-state index in [-0.39, 0.29) is 18.8 Å². The van der Waals surface area contributed by atoms with Crippen LogP contribution >= 0.6 is 0 Å². The van der Waals surface area contributed by atoms with E-state index in [2.05, 4.69) is 5.32 Å². The van der Waals surface area contributed by atoms with Crippen LogP contribution < -0.4 is 20.5 Å². The maximum absolute atomic E-state index is 12.0. The van der Waals surface area contributed by atoms with Crippen molar-refractivity contribution in [3.8, 4) is 11.5 Å². The van der Waals surface area contributed by atoms with E-state index in [4.69, 9.17) is 19.9 Å². The minimum atomic E-state index is -0.638. The van der Waals surface area contributed by atoms with Gasteiger partial charge in [0.15, 0.2) is 13.2 Å². The summed E-state index contributed by atoms with van der Waals surface area (Å²) in [4.78, 5) is 34.5. The van der Waals surface area contributed by atoms with Crippen molar-refractivity contribution in [2.24, 2.45) is 5.73 Å². The SMILES string of the molecule is COc1ccccc1CCNC(=O)COC(=O)c1ccc(OCC(N)=O)cc1. The number of ether oxygens (including phenoxy) is 3. The first-order valence-electron chi connectivity index (χ1n) is 8.56. The number of hydrogen-bond acceptors (Lipinski definition) is 6. The molecule has 0 aliphatic rings. The Morgan fingerprint density at radius 2 is 1.71 bits per heavy atom. The quantitative estimate of drug-likeness (QED) is 0.590. The zero-order chi connectivity index (χ0) is 20.4. The third-order valence-electron chi connectivity index (χ3n) is 3.71. The van der Waals surface area contributed by atoms with Crippen LogP contribution in [0, 0.1) is 0 Å². The van der Waals surface area contributed by atoms with Crippen molar-refractivity contribution in [1.29, 1.82) is 0 Å². The van der Waals surface area contributed by atoms with Crippen LogP contribution in [0.5, 0.6) is 11.5 Å². The normalized spacial score (nSPS) is 10.0. The Kier molecular flexibility index (Phi) is 7.83. The number of para-hydroxylation sites is 1. The predicted octanol–water partition coefficient (Wildman–Crippen LogP) is 1.07. The molecule has 0 aliphatic carbocycles. The molecule has 0 spiro atoms. The van der Waals surface area contributed by atoms with Gasteiger partial charge in [0.2, 0.25) is 0 Å². The lowest BCUT2D eigenvalue weighted by Gasteiger charge is -2.09. The molecular formula is C20H22N2O6. The number of primary amides is 1. The van der Waals surface area contributed by atoms with Crippen LogP contribution in [-0.2, 0) is 20.7 Å². The number of nitrogens with one attached hydrogen (secondary N) is 1. The molecule has 2 rings (SSSR count). The van der Waals surface area contributed by atoms with Gasteiger partial charge in [-0.25, -0.2) is 4.79 Å². The summed E-state index contributed by atoms with van der Waals surface area (Å²) in [6, 6.07) is 13.5. The fraction of sp³-hybridized carbons (Fsp3) is 0.250. The highest BCUT2D eigenvalue weighted by atomic mass is 16.5. The molecule has 0 saturated heterocycles. The Morgan fingerprint density at radius 1 is 1.00 bits per heavy atom. The van der Waals surface area contributed by atoms with Crippen LogP contribution in [-0.4, -0.2) is 44.7 Å². The number of hydrogen-bond donors (Lipinski definition) is 2. The van der Waals surface area contributed by atoms with E-state index in [0.717, 1.165) is 11.3 Å². The number of rotatable bonds is 10.